The van der Waals surface area contributed by atoms with E-state index in [-0.39, 0.29) is 11.5 Å². The summed E-state index contributed by atoms with van der Waals surface area (Å²) in [6, 6.07) is 1.47. The number of halogens is 3. The van der Waals surface area contributed by atoms with Crippen LogP contribution in [0, 0.1) is 23.4 Å². The highest BCUT2D eigenvalue weighted by Crippen LogP contribution is 2.35. The fourth-order valence-electron chi connectivity index (χ4n) is 3.21. The Labute approximate surface area is 124 Å². The van der Waals surface area contributed by atoms with Crippen LogP contribution >= 0.6 is 0 Å². The van der Waals surface area contributed by atoms with Gasteiger partial charge in [0.1, 0.15) is 5.82 Å². The average molecular weight is 300 g/mol. The van der Waals surface area contributed by atoms with Crippen LogP contribution in [0.2, 0.25) is 0 Å². The van der Waals surface area contributed by atoms with Crippen molar-refractivity contribution in [3.05, 3.63) is 35.1 Å². The van der Waals surface area contributed by atoms with Crippen molar-refractivity contribution < 1.29 is 13.2 Å². The molecule has 1 aliphatic heterocycles. The van der Waals surface area contributed by atoms with E-state index >= 15 is 0 Å². The van der Waals surface area contributed by atoms with Crippen LogP contribution < -0.4 is 5.32 Å². The van der Waals surface area contributed by atoms with E-state index in [0.717, 1.165) is 38.1 Å². The fourth-order valence-corrected chi connectivity index (χ4v) is 3.21. The third kappa shape index (κ3) is 3.58. The van der Waals surface area contributed by atoms with Gasteiger partial charge in [-0.15, -0.1) is 0 Å². The highest BCUT2D eigenvalue weighted by Gasteiger charge is 2.32. The van der Waals surface area contributed by atoms with Gasteiger partial charge < -0.3 is 5.32 Å². The first-order valence-electron chi connectivity index (χ1n) is 7.64. The standard InChI is InChI=1S/C16H23F3N2/c1-3-4-11(2)16(21-9-7-20-8-10-21)14-12(17)5-6-13(18)15(14)19/h5-6,11,16,20H,3-4,7-10H2,1-2H3/t11?,16-/m0/s1. The second-order valence-corrected chi connectivity index (χ2v) is 5.75. The van der Waals surface area contributed by atoms with Gasteiger partial charge in [-0.25, -0.2) is 13.2 Å². The molecule has 1 aromatic carbocycles. The molecular formula is C16H23F3N2. The summed E-state index contributed by atoms with van der Waals surface area (Å²) in [7, 11) is 0. The van der Waals surface area contributed by atoms with Crippen LogP contribution in [0.25, 0.3) is 0 Å². The molecule has 1 N–H and O–H groups in total. The largest absolute Gasteiger partial charge is 0.314 e. The first-order chi connectivity index (χ1) is 10.1. The Morgan fingerprint density at radius 2 is 1.76 bits per heavy atom. The predicted octanol–water partition coefficient (Wildman–Crippen LogP) is 3.49. The summed E-state index contributed by atoms with van der Waals surface area (Å²) < 4.78 is 42.0. The van der Waals surface area contributed by atoms with E-state index in [9.17, 15) is 13.2 Å². The number of piperazine rings is 1. The molecule has 1 aromatic rings. The zero-order valence-electron chi connectivity index (χ0n) is 12.6. The topological polar surface area (TPSA) is 15.3 Å². The lowest BCUT2D eigenvalue weighted by atomic mass is 9.88. The highest BCUT2D eigenvalue weighted by atomic mass is 19.2. The third-order valence-corrected chi connectivity index (χ3v) is 4.20. The number of hydrogen-bond acceptors (Lipinski definition) is 2. The second-order valence-electron chi connectivity index (χ2n) is 5.75. The maximum Gasteiger partial charge on any atom is 0.166 e. The monoisotopic (exact) mass is 300 g/mol. The van der Waals surface area contributed by atoms with Gasteiger partial charge in [-0.1, -0.05) is 20.3 Å². The molecule has 1 saturated heterocycles. The zero-order valence-corrected chi connectivity index (χ0v) is 12.6. The van der Waals surface area contributed by atoms with Gasteiger partial charge in [-0.05, 0) is 24.5 Å². The number of nitrogens with zero attached hydrogens (tertiary/aromatic N) is 1. The molecule has 118 valence electrons. The average Bonchev–Trinajstić information content (AvgIpc) is 2.48. The summed E-state index contributed by atoms with van der Waals surface area (Å²) in [4.78, 5) is 2.07. The van der Waals surface area contributed by atoms with Crippen molar-refractivity contribution in [3.63, 3.8) is 0 Å². The molecule has 21 heavy (non-hydrogen) atoms. The highest BCUT2D eigenvalue weighted by molar-refractivity contribution is 5.25. The number of nitrogens with one attached hydrogen (secondary N) is 1. The summed E-state index contributed by atoms with van der Waals surface area (Å²) in [6.07, 6.45) is 1.78. The van der Waals surface area contributed by atoms with E-state index in [2.05, 4.69) is 10.2 Å². The Morgan fingerprint density at radius 3 is 2.38 bits per heavy atom. The molecule has 0 radical (unpaired) electrons. The van der Waals surface area contributed by atoms with E-state index in [0.29, 0.717) is 13.1 Å². The molecule has 2 nitrogen and oxygen atoms in total. The number of hydrogen-bond donors (Lipinski definition) is 1. The Bertz CT molecular complexity index is 473. The van der Waals surface area contributed by atoms with Crippen LogP contribution in [0.3, 0.4) is 0 Å². The summed E-state index contributed by atoms with van der Waals surface area (Å²) >= 11 is 0. The minimum absolute atomic E-state index is 0.0684. The zero-order chi connectivity index (χ0) is 15.4. The first kappa shape index (κ1) is 16.3. The molecule has 0 spiro atoms. The molecule has 5 heteroatoms. The Morgan fingerprint density at radius 1 is 1.14 bits per heavy atom. The first-order valence-corrected chi connectivity index (χ1v) is 7.64. The van der Waals surface area contributed by atoms with Crippen LogP contribution in [-0.2, 0) is 0 Å². The molecule has 1 fully saturated rings. The number of benzene rings is 1. The number of rotatable bonds is 5. The van der Waals surface area contributed by atoms with Crippen LogP contribution in [0.1, 0.15) is 38.3 Å². The van der Waals surface area contributed by atoms with Crippen LogP contribution in [0.4, 0.5) is 13.2 Å². The fraction of sp³-hybridized carbons (Fsp3) is 0.625. The van der Waals surface area contributed by atoms with E-state index < -0.39 is 23.5 Å². The third-order valence-electron chi connectivity index (χ3n) is 4.20. The van der Waals surface area contributed by atoms with Crippen molar-refractivity contribution in [2.24, 2.45) is 5.92 Å². The smallest absolute Gasteiger partial charge is 0.166 e. The van der Waals surface area contributed by atoms with Gasteiger partial charge in [-0.2, -0.15) is 0 Å². The van der Waals surface area contributed by atoms with Gasteiger partial charge in [0.05, 0.1) is 0 Å². The van der Waals surface area contributed by atoms with Crippen molar-refractivity contribution in [2.45, 2.75) is 32.7 Å². The Hall–Kier alpha value is -1.07. The van der Waals surface area contributed by atoms with Gasteiger partial charge in [0.2, 0.25) is 0 Å². The molecule has 2 rings (SSSR count). The van der Waals surface area contributed by atoms with Gasteiger partial charge in [-0.3, -0.25) is 4.90 Å². The molecule has 1 heterocycles. The Kier molecular flexibility index (Phi) is 5.65. The SMILES string of the molecule is CCCC(C)[C@@H](c1c(F)ccc(F)c1F)N1CCNCC1. The van der Waals surface area contributed by atoms with E-state index in [1.807, 2.05) is 13.8 Å². The summed E-state index contributed by atoms with van der Waals surface area (Å²) in [5, 5.41) is 3.23. The van der Waals surface area contributed by atoms with Gasteiger partial charge in [0.15, 0.2) is 11.6 Å². The van der Waals surface area contributed by atoms with Gasteiger partial charge in [0.25, 0.3) is 0 Å². The van der Waals surface area contributed by atoms with Crippen molar-refractivity contribution in [1.29, 1.82) is 0 Å². The normalized spacial score (nSPS) is 19.5. The molecule has 2 atom stereocenters. The maximum atomic E-state index is 14.2. The maximum absolute atomic E-state index is 14.2. The summed E-state index contributed by atoms with van der Waals surface area (Å²) in [5.74, 6) is -2.60. The minimum Gasteiger partial charge on any atom is -0.314 e. The summed E-state index contributed by atoms with van der Waals surface area (Å²) in [6.45, 7) is 7.04. The molecule has 0 aliphatic carbocycles. The van der Waals surface area contributed by atoms with Crippen LogP contribution in [0.5, 0.6) is 0 Å². The van der Waals surface area contributed by atoms with E-state index in [1.54, 1.807) is 0 Å². The second kappa shape index (κ2) is 7.27. The molecule has 0 bridgehead atoms. The lowest BCUT2D eigenvalue weighted by Crippen LogP contribution is -2.47. The lowest BCUT2D eigenvalue weighted by Gasteiger charge is -2.38. The van der Waals surface area contributed by atoms with Crippen LogP contribution in [0.15, 0.2) is 12.1 Å². The molecule has 1 unspecified atom stereocenters. The van der Waals surface area contributed by atoms with Gasteiger partial charge >= 0.3 is 0 Å². The van der Waals surface area contributed by atoms with Crippen molar-refractivity contribution in [2.75, 3.05) is 26.2 Å². The van der Waals surface area contributed by atoms with Crippen LogP contribution in [-0.4, -0.2) is 31.1 Å². The van der Waals surface area contributed by atoms with Crippen molar-refractivity contribution >= 4 is 0 Å². The predicted molar refractivity (Wildman–Crippen MR) is 77.6 cm³/mol. The lowest BCUT2D eigenvalue weighted by molar-refractivity contribution is 0.119. The van der Waals surface area contributed by atoms with E-state index in [4.69, 9.17) is 0 Å². The van der Waals surface area contributed by atoms with Gasteiger partial charge in [0, 0.05) is 37.8 Å². The molecule has 1 aliphatic rings. The molecular weight excluding hydrogens is 277 g/mol. The molecule has 0 amide bonds. The van der Waals surface area contributed by atoms with Crippen molar-refractivity contribution in [3.8, 4) is 0 Å². The quantitative estimate of drug-likeness (QED) is 0.838. The van der Waals surface area contributed by atoms with Crippen molar-refractivity contribution in [1.82, 2.24) is 10.2 Å². The van der Waals surface area contributed by atoms with E-state index in [1.165, 1.54) is 0 Å². The summed E-state index contributed by atoms with van der Waals surface area (Å²) in [5.41, 5.74) is -0.113. The minimum atomic E-state index is -1.04. The Balaban J connectivity index is 2.41. The molecule has 0 aromatic heterocycles. The molecule has 0 saturated carbocycles.